The third-order valence-electron chi connectivity index (χ3n) is 3.43. The summed E-state index contributed by atoms with van der Waals surface area (Å²) in [4.78, 5) is 13.4. The van der Waals surface area contributed by atoms with E-state index in [-0.39, 0.29) is 0 Å². The van der Waals surface area contributed by atoms with E-state index in [1.807, 2.05) is 50.2 Å². The molecule has 0 aliphatic rings. The second-order valence-corrected chi connectivity index (χ2v) is 6.59. The van der Waals surface area contributed by atoms with E-state index in [2.05, 4.69) is 5.32 Å². The first kappa shape index (κ1) is 16.6. The minimum Gasteiger partial charge on any atom is -0.379 e. The van der Waals surface area contributed by atoms with Crippen molar-refractivity contribution < 1.29 is 9.90 Å². The summed E-state index contributed by atoms with van der Waals surface area (Å²) in [5.41, 5.74) is 1.56. The number of hydrogen-bond donors (Lipinski definition) is 2. The maximum Gasteiger partial charge on any atom is 0.256 e. The smallest absolute Gasteiger partial charge is 0.256 e. The standard InChI is InChI=1S/C18H21NO2S/c1-13-8-7-9-14(2)16(13)22-12-18(3,21)17(20)19-15-10-5-4-6-11-15/h4-11,21H,12H2,1-3H3,(H,19,20)/t18-/m1/s1. The van der Waals surface area contributed by atoms with Gasteiger partial charge < -0.3 is 10.4 Å². The monoisotopic (exact) mass is 315 g/mol. The number of rotatable bonds is 5. The van der Waals surface area contributed by atoms with Gasteiger partial charge in [0.2, 0.25) is 0 Å². The highest BCUT2D eigenvalue weighted by Gasteiger charge is 2.30. The van der Waals surface area contributed by atoms with Gasteiger partial charge in [0.1, 0.15) is 5.60 Å². The maximum atomic E-state index is 12.3. The molecular weight excluding hydrogens is 294 g/mol. The van der Waals surface area contributed by atoms with Crippen LogP contribution >= 0.6 is 11.8 Å². The fourth-order valence-corrected chi connectivity index (χ4v) is 3.24. The van der Waals surface area contributed by atoms with Crippen molar-refractivity contribution in [3.8, 4) is 0 Å². The Hall–Kier alpha value is -1.78. The highest BCUT2D eigenvalue weighted by Crippen LogP contribution is 2.29. The highest BCUT2D eigenvalue weighted by molar-refractivity contribution is 7.99. The molecule has 0 radical (unpaired) electrons. The molecule has 0 aromatic heterocycles. The van der Waals surface area contributed by atoms with Crippen LogP contribution in [-0.4, -0.2) is 22.4 Å². The molecule has 1 amide bonds. The average Bonchev–Trinajstić information content (AvgIpc) is 2.47. The molecule has 0 aliphatic carbocycles. The Labute approximate surface area is 135 Å². The van der Waals surface area contributed by atoms with Gasteiger partial charge in [-0.15, -0.1) is 11.8 Å². The lowest BCUT2D eigenvalue weighted by Gasteiger charge is -2.22. The number of carbonyl (C=O) groups is 1. The van der Waals surface area contributed by atoms with Gasteiger partial charge in [0.05, 0.1) is 0 Å². The number of aryl methyl sites for hydroxylation is 2. The third-order valence-corrected chi connectivity index (χ3v) is 5.07. The lowest BCUT2D eigenvalue weighted by molar-refractivity contribution is -0.130. The Balaban J connectivity index is 2.03. The molecule has 22 heavy (non-hydrogen) atoms. The Morgan fingerprint density at radius 2 is 1.68 bits per heavy atom. The van der Waals surface area contributed by atoms with Crippen molar-refractivity contribution in [3.05, 3.63) is 59.7 Å². The van der Waals surface area contributed by atoms with E-state index in [9.17, 15) is 9.90 Å². The van der Waals surface area contributed by atoms with E-state index in [4.69, 9.17) is 0 Å². The van der Waals surface area contributed by atoms with E-state index >= 15 is 0 Å². The minimum atomic E-state index is -1.44. The van der Waals surface area contributed by atoms with Crippen LogP contribution in [0.3, 0.4) is 0 Å². The molecule has 0 aliphatic heterocycles. The molecule has 0 fully saturated rings. The summed E-state index contributed by atoms with van der Waals surface area (Å²) in [6.45, 7) is 5.62. The summed E-state index contributed by atoms with van der Waals surface area (Å²) < 4.78 is 0. The first-order chi connectivity index (χ1) is 10.4. The molecule has 0 heterocycles. The van der Waals surface area contributed by atoms with Crippen molar-refractivity contribution in [1.82, 2.24) is 0 Å². The SMILES string of the molecule is Cc1cccc(C)c1SC[C@@](C)(O)C(=O)Nc1ccccc1. The van der Waals surface area contributed by atoms with E-state index in [0.29, 0.717) is 11.4 Å². The topological polar surface area (TPSA) is 49.3 Å². The number of carbonyl (C=O) groups excluding carboxylic acids is 1. The van der Waals surface area contributed by atoms with E-state index in [1.165, 1.54) is 11.8 Å². The number of hydrogen-bond acceptors (Lipinski definition) is 3. The second-order valence-electron chi connectivity index (χ2n) is 5.60. The van der Waals surface area contributed by atoms with Crippen LogP contribution in [0.2, 0.25) is 0 Å². The van der Waals surface area contributed by atoms with Crippen molar-refractivity contribution in [2.24, 2.45) is 0 Å². The molecule has 2 aromatic carbocycles. The molecule has 2 rings (SSSR count). The van der Waals surface area contributed by atoms with Crippen molar-refractivity contribution in [2.75, 3.05) is 11.1 Å². The zero-order valence-corrected chi connectivity index (χ0v) is 13.9. The van der Waals surface area contributed by atoms with Gasteiger partial charge in [-0.25, -0.2) is 0 Å². The summed E-state index contributed by atoms with van der Waals surface area (Å²) in [5.74, 6) is -0.0883. The number of aliphatic hydroxyl groups is 1. The predicted octanol–water partition coefficient (Wildman–Crippen LogP) is 3.79. The predicted molar refractivity (Wildman–Crippen MR) is 92.3 cm³/mol. The lowest BCUT2D eigenvalue weighted by Crippen LogP contribution is -2.42. The van der Waals surface area contributed by atoms with E-state index in [1.54, 1.807) is 19.1 Å². The lowest BCUT2D eigenvalue weighted by atomic mass is 10.1. The summed E-state index contributed by atoms with van der Waals surface area (Å²) in [6.07, 6.45) is 0. The van der Waals surface area contributed by atoms with Gasteiger partial charge in [-0.1, -0.05) is 36.4 Å². The Kier molecular flexibility index (Phi) is 5.27. The zero-order valence-electron chi connectivity index (χ0n) is 13.1. The molecule has 0 saturated carbocycles. The third kappa shape index (κ3) is 4.12. The first-order valence-electron chi connectivity index (χ1n) is 7.18. The van der Waals surface area contributed by atoms with Crippen LogP contribution in [-0.2, 0) is 4.79 Å². The minimum absolute atomic E-state index is 0.303. The molecular formula is C18H21NO2S. The second kappa shape index (κ2) is 6.99. The number of nitrogens with one attached hydrogen (secondary N) is 1. The van der Waals surface area contributed by atoms with Crippen LogP contribution in [0.4, 0.5) is 5.69 Å². The van der Waals surface area contributed by atoms with Crippen LogP contribution in [0.5, 0.6) is 0 Å². The van der Waals surface area contributed by atoms with Gasteiger partial charge in [-0.2, -0.15) is 0 Å². The molecule has 1 atom stereocenters. The fourth-order valence-electron chi connectivity index (χ4n) is 2.09. The summed E-state index contributed by atoms with van der Waals surface area (Å²) in [7, 11) is 0. The Bertz CT molecular complexity index is 633. The molecule has 0 unspecified atom stereocenters. The van der Waals surface area contributed by atoms with Crippen molar-refractivity contribution in [2.45, 2.75) is 31.3 Å². The van der Waals surface area contributed by atoms with Gasteiger partial charge >= 0.3 is 0 Å². The number of benzene rings is 2. The number of amides is 1. The van der Waals surface area contributed by atoms with Crippen molar-refractivity contribution >= 4 is 23.4 Å². The normalized spacial score (nSPS) is 13.5. The van der Waals surface area contributed by atoms with Crippen molar-refractivity contribution in [1.29, 1.82) is 0 Å². The van der Waals surface area contributed by atoms with E-state index < -0.39 is 11.5 Å². The van der Waals surface area contributed by atoms with E-state index in [0.717, 1.165) is 16.0 Å². The van der Waals surface area contributed by atoms with Crippen LogP contribution < -0.4 is 5.32 Å². The first-order valence-corrected chi connectivity index (χ1v) is 8.16. The highest BCUT2D eigenvalue weighted by atomic mass is 32.2. The molecule has 0 bridgehead atoms. The van der Waals surface area contributed by atoms with Crippen LogP contribution in [0.25, 0.3) is 0 Å². The fraction of sp³-hybridized carbons (Fsp3) is 0.278. The summed E-state index contributed by atoms with van der Waals surface area (Å²) in [5, 5.41) is 13.2. The van der Waals surface area contributed by atoms with Gasteiger partial charge in [-0.05, 0) is 44.0 Å². The molecule has 116 valence electrons. The van der Waals surface area contributed by atoms with Crippen LogP contribution in [0, 0.1) is 13.8 Å². The average molecular weight is 315 g/mol. The largest absolute Gasteiger partial charge is 0.379 e. The van der Waals surface area contributed by atoms with Gasteiger partial charge in [0.15, 0.2) is 0 Å². The van der Waals surface area contributed by atoms with Crippen LogP contribution in [0.1, 0.15) is 18.1 Å². The van der Waals surface area contributed by atoms with Crippen LogP contribution in [0.15, 0.2) is 53.4 Å². The molecule has 4 heteroatoms. The molecule has 2 N–H and O–H groups in total. The molecule has 0 saturated heterocycles. The Morgan fingerprint density at radius 3 is 2.27 bits per heavy atom. The van der Waals surface area contributed by atoms with Gasteiger partial charge in [0, 0.05) is 16.3 Å². The van der Waals surface area contributed by atoms with Gasteiger partial charge in [-0.3, -0.25) is 4.79 Å². The number of thioether (sulfide) groups is 1. The quantitative estimate of drug-likeness (QED) is 0.826. The Morgan fingerprint density at radius 1 is 1.09 bits per heavy atom. The van der Waals surface area contributed by atoms with Gasteiger partial charge in [0.25, 0.3) is 5.91 Å². The number of anilines is 1. The maximum absolute atomic E-state index is 12.3. The number of para-hydroxylation sites is 1. The molecule has 0 spiro atoms. The summed E-state index contributed by atoms with van der Waals surface area (Å²) in [6, 6.07) is 15.2. The van der Waals surface area contributed by atoms with Crippen molar-refractivity contribution in [3.63, 3.8) is 0 Å². The summed E-state index contributed by atoms with van der Waals surface area (Å²) >= 11 is 1.51. The molecule has 2 aromatic rings. The zero-order chi connectivity index (χ0) is 16.2. The molecule has 3 nitrogen and oxygen atoms in total.